The lowest BCUT2D eigenvalue weighted by atomic mass is 10.1. The highest BCUT2D eigenvalue weighted by atomic mass is 19.4. The summed E-state index contributed by atoms with van der Waals surface area (Å²) in [6.07, 6.45) is -4.66. The molecule has 0 aliphatic heterocycles. The Labute approximate surface area is 152 Å². The van der Waals surface area contributed by atoms with E-state index in [-0.39, 0.29) is 5.56 Å². The number of anilines is 1. The van der Waals surface area contributed by atoms with Gasteiger partial charge in [-0.15, -0.1) is 0 Å². The molecule has 0 saturated heterocycles. The maximum absolute atomic E-state index is 12.9. The largest absolute Gasteiger partial charge is 0.450 e. The monoisotopic (exact) mass is 383 g/mol. The topological polar surface area (TPSA) is 90.3 Å². The molecule has 0 aliphatic carbocycles. The summed E-state index contributed by atoms with van der Waals surface area (Å²) in [5, 5.41) is 6.01. The first-order valence-corrected chi connectivity index (χ1v) is 7.70. The Balaban J connectivity index is 2.02. The molecule has 0 aliphatic rings. The lowest BCUT2D eigenvalue weighted by molar-refractivity contribution is -0.142. The van der Waals surface area contributed by atoms with Crippen molar-refractivity contribution in [3.63, 3.8) is 0 Å². The van der Waals surface area contributed by atoms with Gasteiger partial charge in [0.2, 0.25) is 0 Å². The van der Waals surface area contributed by atoms with Crippen LogP contribution in [0, 0.1) is 13.8 Å². The van der Waals surface area contributed by atoms with E-state index in [1.807, 2.05) is 5.32 Å². The van der Waals surface area contributed by atoms with Gasteiger partial charge in [-0.1, -0.05) is 12.1 Å². The minimum Gasteiger partial charge on any atom is -0.450 e. The molecule has 27 heavy (non-hydrogen) atoms. The number of esters is 1. The number of hydrogen-bond acceptors (Lipinski definition) is 5. The number of amides is 1. The van der Waals surface area contributed by atoms with Gasteiger partial charge in [-0.2, -0.15) is 18.3 Å². The minimum atomic E-state index is -4.66. The standard InChI is InChI=1S/C17H16F3N3O4/c1-9-14(10(2)23(3)22-9)15(25)16(26)27-8-13(24)21-12-7-5-4-6-11(12)17(18,19)20/h4-7H,8H2,1-3H3,(H,21,24). The first kappa shape index (κ1) is 20.1. The second-order valence-electron chi connectivity index (χ2n) is 5.67. The maximum atomic E-state index is 12.9. The number of hydrogen-bond donors (Lipinski definition) is 1. The van der Waals surface area contributed by atoms with Crippen molar-refractivity contribution in [3.05, 3.63) is 46.8 Å². The van der Waals surface area contributed by atoms with E-state index in [2.05, 4.69) is 9.84 Å². The van der Waals surface area contributed by atoms with Crippen molar-refractivity contribution in [2.75, 3.05) is 11.9 Å². The molecular weight excluding hydrogens is 367 g/mol. The van der Waals surface area contributed by atoms with Crippen LogP contribution in [-0.2, 0) is 27.5 Å². The fourth-order valence-corrected chi connectivity index (χ4v) is 2.43. The van der Waals surface area contributed by atoms with Gasteiger partial charge in [-0.3, -0.25) is 14.3 Å². The summed E-state index contributed by atoms with van der Waals surface area (Å²) < 4.78 is 44.7. The van der Waals surface area contributed by atoms with E-state index >= 15 is 0 Å². The summed E-state index contributed by atoms with van der Waals surface area (Å²) in [6, 6.07) is 4.36. The van der Waals surface area contributed by atoms with Crippen molar-refractivity contribution in [2.24, 2.45) is 7.05 Å². The van der Waals surface area contributed by atoms with Gasteiger partial charge < -0.3 is 10.1 Å². The van der Waals surface area contributed by atoms with Crippen molar-refractivity contribution in [1.82, 2.24) is 9.78 Å². The van der Waals surface area contributed by atoms with Crippen LogP contribution in [0.25, 0.3) is 0 Å². The number of Topliss-reactive ketones (excluding diaryl/α,β-unsaturated/α-hetero) is 1. The predicted octanol–water partition coefficient (Wildman–Crippen LogP) is 2.42. The number of aromatic nitrogens is 2. The number of aryl methyl sites for hydroxylation is 2. The second kappa shape index (κ2) is 7.60. The Morgan fingerprint density at radius 1 is 1.19 bits per heavy atom. The highest BCUT2D eigenvalue weighted by Gasteiger charge is 2.33. The van der Waals surface area contributed by atoms with E-state index in [1.54, 1.807) is 14.0 Å². The van der Waals surface area contributed by atoms with Crippen LogP contribution in [0.3, 0.4) is 0 Å². The smallest absolute Gasteiger partial charge is 0.418 e. The summed E-state index contributed by atoms with van der Waals surface area (Å²) in [5.74, 6) is -3.29. The summed E-state index contributed by atoms with van der Waals surface area (Å²) in [7, 11) is 1.59. The molecule has 1 aromatic carbocycles. The van der Waals surface area contributed by atoms with Gasteiger partial charge in [0.05, 0.1) is 22.5 Å². The van der Waals surface area contributed by atoms with Crippen molar-refractivity contribution >= 4 is 23.3 Å². The molecule has 0 saturated carbocycles. The zero-order chi connectivity index (χ0) is 20.4. The number of ether oxygens (including phenoxy) is 1. The summed E-state index contributed by atoms with van der Waals surface area (Å²) in [4.78, 5) is 35.8. The average molecular weight is 383 g/mol. The molecule has 10 heteroatoms. The quantitative estimate of drug-likeness (QED) is 0.487. The number of carbonyl (C=O) groups excluding carboxylic acids is 3. The molecule has 144 valence electrons. The van der Waals surface area contributed by atoms with E-state index in [0.717, 1.165) is 12.1 Å². The Kier molecular flexibility index (Phi) is 5.67. The Hall–Kier alpha value is -3.17. The first-order chi connectivity index (χ1) is 12.5. The number of alkyl halides is 3. The lowest BCUT2D eigenvalue weighted by Gasteiger charge is -2.13. The number of benzene rings is 1. The van der Waals surface area contributed by atoms with Crippen LogP contribution in [0.2, 0.25) is 0 Å². The van der Waals surface area contributed by atoms with Gasteiger partial charge in [-0.25, -0.2) is 4.79 Å². The number of rotatable bonds is 5. The molecule has 7 nitrogen and oxygen atoms in total. The number of carbonyl (C=O) groups is 3. The van der Waals surface area contributed by atoms with Crippen LogP contribution in [0.5, 0.6) is 0 Å². The molecule has 0 radical (unpaired) electrons. The zero-order valence-electron chi connectivity index (χ0n) is 14.7. The highest BCUT2D eigenvalue weighted by Crippen LogP contribution is 2.34. The SMILES string of the molecule is Cc1nn(C)c(C)c1C(=O)C(=O)OCC(=O)Nc1ccccc1C(F)(F)F. The van der Waals surface area contributed by atoms with Crippen LogP contribution in [0.1, 0.15) is 27.3 Å². The van der Waals surface area contributed by atoms with Gasteiger partial charge in [0, 0.05) is 12.7 Å². The van der Waals surface area contributed by atoms with Crippen LogP contribution >= 0.6 is 0 Å². The average Bonchev–Trinajstić information content (AvgIpc) is 2.84. The number of ketones is 1. The number of nitrogens with one attached hydrogen (secondary N) is 1. The zero-order valence-corrected chi connectivity index (χ0v) is 14.7. The molecular formula is C17H16F3N3O4. The molecule has 0 bridgehead atoms. The number of nitrogens with zero attached hydrogens (tertiary/aromatic N) is 2. The fourth-order valence-electron chi connectivity index (χ4n) is 2.43. The van der Waals surface area contributed by atoms with E-state index in [4.69, 9.17) is 0 Å². The number of halogens is 3. The van der Waals surface area contributed by atoms with Crippen LogP contribution in [0.15, 0.2) is 24.3 Å². The van der Waals surface area contributed by atoms with Crippen molar-refractivity contribution in [3.8, 4) is 0 Å². The molecule has 1 aromatic heterocycles. The molecule has 0 unspecified atom stereocenters. The Morgan fingerprint density at radius 3 is 2.37 bits per heavy atom. The summed E-state index contributed by atoms with van der Waals surface area (Å²) >= 11 is 0. The van der Waals surface area contributed by atoms with E-state index in [0.29, 0.717) is 11.4 Å². The third kappa shape index (κ3) is 4.52. The van der Waals surface area contributed by atoms with Crippen LogP contribution in [-0.4, -0.2) is 34.0 Å². The molecule has 0 atom stereocenters. The molecule has 0 spiro atoms. The molecule has 1 amide bonds. The van der Waals surface area contributed by atoms with Crippen LogP contribution in [0.4, 0.5) is 18.9 Å². The molecule has 2 aromatic rings. The van der Waals surface area contributed by atoms with E-state index in [9.17, 15) is 27.6 Å². The van der Waals surface area contributed by atoms with Gasteiger partial charge in [-0.05, 0) is 26.0 Å². The van der Waals surface area contributed by atoms with E-state index in [1.165, 1.54) is 23.7 Å². The normalized spacial score (nSPS) is 11.2. The summed E-state index contributed by atoms with van der Waals surface area (Å²) in [5.41, 5.74) is -0.692. The fraction of sp³-hybridized carbons (Fsp3) is 0.294. The van der Waals surface area contributed by atoms with Gasteiger partial charge >= 0.3 is 12.1 Å². The Bertz CT molecular complexity index is 903. The predicted molar refractivity (Wildman–Crippen MR) is 88.0 cm³/mol. The van der Waals surface area contributed by atoms with Gasteiger partial charge in [0.15, 0.2) is 6.61 Å². The van der Waals surface area contributed by atoms with E-state index < -0.39 is 41.7 Å². The molecule has 1 heterocycles. The van der Waals surface area contributed by atoms with Crippen molar-refractivity contribution < 1.29 is 32.3 Å². The van der Waals surface area contributed by atoms with Crippen LogP contribution < -0.4 is 5.32 Å². The molecule has 2 rings (SSSR count). The van der Waals surface area contributed by atoms with Gasteiger partial charge in [0.25, 0.3) is 11.7 Å². The lowest BCUT2D eigenvalue weighted by Crippen LogP contribution is -2.26. The third-order valence-electron chi connectivity index (χ3n) is 3.76. The van der Waals surface area contributed by atoms with Crippen molar-refractivity contribution in [1.29, 1.82) is 0 Å². The molecule has 1 N–H and O–H groups in total. The van der Waals surface area contributed by atoms with Gasteiger partial charge in [0.1, 0.15) is 0 Å². The second-order valence-corrected chi connectivity index (χ2v) is 5.67. The third-order valence-corrected chi connectivity index (χ3v) is 3.76. The highest BCUT2D eigenvalue weighted by molar-refractivity contribution is 6.41. The Morgan fingerprint density at radius 2 is 1.81 bits per heavy atom. The first-order valence-electron chi connectivity index (χ1n) is 7.70. The number of para-hydroxylation sites is 1. The minimum absolute atomic E-state index is 0.0605. The maximum Gasteiger partial charge on any atom is 0.418 e. The van der Waals surface area contributed by atoms with Crippen molar-refractivity contribution in [2.45, 2.75) is 20.0 Å². The molecule has 0 fully saturated rings. The summed E-state index contributed by atoms with van der Waals surface area (Å²) in [6.45, 7) is 2.21.